The van der Waals surface area contributed by atoms with Crippen molar-refractivity contribution in [3.8, 4) is 0 Å². The number of aliphatic hydroxyl groups excluding tert-OH is 1. The van der Waals surface area contributed by atoms with Crippen molar-refractivity contribution in [2.45, 2.75) is 6.42 Å². The number of hydrogen-bond acceptors (Lipinski definition) is 4. The molecule has 0 fully saturated rings. The molecule has 0 saturated heterocycles. The standard InChI is InChI=1S/C10H13NO3/c12-8-4-7-11-14-10(13)9-5-2-1-3-6-9/h1-3,5-6,11-12H,4,7-8H2. The van der Waals surface area contributed by atoms with Gasteiger partial charge in [-0.25, -0.2) is 4.79 Å². The Bertz CT molecular complexity index is 274. The van der Waals surface area contributed by atoms with Crippen LogP contribution in [0.25, 0.3) is 0 Å². The first-order valence-corrected chi connectivity index (χ1v) is 4.44. The van der Waals surface area contributed by atoms with Gasteiger partial charge in [-0.1, -0.05) is 18.2 Å². The molecule has 1 rings (SSSR count). The maximum absolute atomic E-state index is 11.3. The zero-order chi connectivity index (χ0) is 10.2. The van der Waals surface area contributed by atoms with Crippen LogP contribution in [0.3, 0.4) is 0 Å². The van der Waals surface area contributed by atoms with Gasteiger partial charge in [0.15, 0.2) is 0 Å². The van der Waals surface area contributed by atoms with Gasteiger partial charge < -0.3 is 9.94 Å². The molecule has 0 unspecified atom stereocenters. The highest BCUT2D eigenvalue weighted by Crippen LogP contribution is 1.99. The van der Waals surface area contributed by atoms with Crippen LogP contribution in [0, 0.1) is 0 Å². The number of nitrogens with one attached hydrogen (secondary N) is 1. The predicted molar refractivity (Wildman–Crippen MR) is 51.6 cm³/mol. The lowest BCUT2D eigenvalue weighted by molar-refractivity contribution is 0.0243. The van der Waals surface area contributed by atoms with E-state index in [4.69, 9.17) is 9.94 Å². The van der Waals surface area contributed by atoms with Gasteiger partial charge in [-0.15, -0.1) is 0 Å². The third kappa shape index (κ3) is 3.55. The van der Waals surface area contributed by atoms with Crippen molar-refractivity contribution in [2.24, 2.45) is 0 Å². The van der Waals surface area contributed by atoms with Crippen LogP contribution in [0.2, 0.25) is 0 Å². The van der Waals surface area contributed by atoms with E-state index in [1.165, 1.54) is 0 Å². The van der Waals surface area contributed by atoms with Crippen LogP contribution in [0.1, 0.15) is 16.8 Å². The minimum Gasteiger partial charge on any atom is -0.396 e. The Balaban J connectivity index is 2.29. The van der Waals surface area contributed by atoms with E-state index in [0.717, 1.165) is 0 Å². The molecule has 0 spiro atoms. The number of aliphatic hydroxyl groups is 1. The molecule has 0 aliphatic carbocycles. The molecule has 0 saturated carbocycles. The summed E-state index contributed by atoms with van der Waals surface area (Å²) in [6.45, 7) is 0.533. The van der Waals surface area contributed by atoms with Crippen LogP contribution >= 0.6 is 0 Å². The van der Waals surface area contributed by atoms with E-state index < -0.39 is 5.97 Å². The number of carbonyl (C=O) groups excluding carboxylic acids is 1. The quantitative estimate of drug-likeness (QED) is 0.537. The van der Waals surface area contributed by atoms with Crippen molar-refractivity contribution in [1.82, 2.24) is 5.48 Å². The molecule has 4 nitrogen and oxygen atoms in total. The lowest BCUT2D eigenvalue weighted by Gasteiger charge is -2.04. The van der Waals surface area contributed by atoms with E-state index in [9.17, 15) is 4.79 Å². The topological polar surface area (TPSA) is 58.6 Å². The Morgan fingerprint density at radius 1 is 1.36 bits per heavy atom. The summed E-state index contributed by atoms with van der Waals surface area (Å²) in [5.74, 6) is -0.413. The first kappa shape index (κ1) is 10.7. The third-order valence-electron chi connectivity index (χ3n) is 1.61. The van der Waals surface area contributed by atoms with Crippen LogP contribution in [-0.4, -0.2) is 24.2 Å². The second kappa shape index (κ2) is 6.12. The normalized spacial score (nSPS) is 9.79. The largest absolute Gasteiger partial charge is 0.396 e. The SMILES string of the molecule is O=C(ONCCCO)c1ccccc1. The molecule has 0 heterocycles. The number of hydroxylamine groups is 1. The molecule has 1 aromatic carbocycles. The van der Waals surface area contributed by atoms with Crippen molar-refractivity contribution < 1.29 is 14.7 Å². The number of rotatable bonds is 5. The Hall–Kier alpha value is -1.39. The van der Waals surface area contributed by atoms with Gasteiger partial charge in [0.1, 0.15) is 0 Å². The van der Waals surface area contributed by atoms with Crippen LogP contribution < -0.4 is 5.48 Å². The smallest absolute Gasteiger partial charge is 0.356 e. The van der Waals surface area contributed by atoms with Gasteiger partial charge in [-0.3, -0.25) is 0 Å². The third-order valence-corrected chi connectivity index (χ3v) is 1.61. The summed E-state index contributed by atoms with van der Waals surface area (Å²) < 4.78 is 0. The minimum absolute atomic E-state index is 0.0793. The molecule has 0 aromatic heterocycles. The molecule has 0 amide bonds. The average molecular weight is 195 g/mol. The summed E-state index contributed by atoms with van der Waals surface area (Å²) >= 11 is 0. The molecule has 14 heavy (non-hydrogen) atoms. The molecular weight excluding hydrogens is 182 g/mol. The lowest BCUT2D eigenvalue weighted by Crippen LogP contribution is -2.21. The van der Waals surface area contributed by atoms with Gasteiger partial charge in [0.05, 0.1) is 5.56 Å². The summed E-state index contributed by atoms with van der Waals surface area (Å²) in [6, 6.07) is 8.72. The van der Waals surface area contributed by atoms with Crippen molar-refractivity contribution in [1.29, 1.82) is 0 Å². The monoisotopic (exact) mass is 195 g/mol. The average Bonchev–Trinajstić information content (AvgIpc) is 2.25. The maximum Gasteiger partial charge on any atom is 0.356 e. The molecule has 2 N–H and O–H groups in total. The van der Waals surface area contributed by atoms with Crippen LogP contribution in [-0.2, 0) is 4.84 Å². The maximum atomic E-state index is 11.3. The summed E-state index contributed by atoms with van der Waals surface area (Å²) in [4.78, 5) is 16.0. The van der Waals surface area contributed by atoms with Crippen molar-refractivity contribution in [3.63, 3.8) is 0 Å². The molecule has 4 heteroatoms. The fourth-order valence-corrected chi connectivity index (χ4v) is 0.901. The molecule has 0 bridgehead atoms. The number of carbonyl (C=O) groups is 1. The fraction of sp³-hybridized carbons (Fsp3) is 0.300. The molecule has 1 aromatic rings. The van der Waals surface area contributed by atoms with E-state index in [1.54, 1.807) is 24.3 Å². The second-order valence-corrected chi connectivity index (χ2v) is 2.73. The number of hydrogen-bond donors (Lipinski definition) is 2. The molecule has 0 atom stereocenters. The summed E-state index contributed by atoms with van der Waals surface area (Å²) in [6.07, 6.45) is 0.558. The Morgan fingerprint density at radius 3 is 2.71 bits per heavy atom. The lowest BCUT2D eigenvalue weighted by atomic mass is 10.2. The highest BCUT2D eigenvalue weighted by Gasteiger charge is 2.04. The minimum atomic E-state index is -0.413. The van der Waals surface area contributed by atoms with Gasteiger partial charge in [-0.05, 0) is 18.6 Å². The predicted octanol–water partition coefficient (Wildman–Crippen LogP) is 0.730. The van der Waals surface area contributed by atoms with Crippen LogP contribution in [0.4, 0.5) is 0 Å². The van der Waals surface area contributed by atoms with Gasteiger partial charge in [0, 0.05) is 13.2 Å². The van der Waals surface area contributed by atoms with Gasteiger partial charge in [0.25, 0.3) is 0 Å². The zero-order valence-corrected chi connectivity index (χ0v) is 7.77. The molecule has 76 valence electrons. The fourth-order valence-electron chi connectivity index (χ4n) is 0.901. The Morgan fingerprint density at radius 2 is 2.07 bits per heavy atom. The first-order chi connectivity index (χ1) is 6.84. The summed E-state index contributed by atoms with van der Waals surface area (Å²) in [7, 11) is 0. The van der Waals surface area contributed by atoms with E-state index in [1.807, 2.05) is 6.07 Å². The van der Waals surface area contributed by atoms with Crippen molar-refractivity contribution in [2.75, 3.05) is 13.2 Å². The van der Waals surface area contributed by atoms with Crippen LogP contribution in [0.5, 0.6) is 0 Å². The van der Waals surface area contributed by atoms with E-state index in [2.05, 4.69) is 5.48 Å². The number of benzene rings is 1. The second-order valence-electron chi connectivity index (χ2n) is 2.73. The Labute approximate surface area is 82.5 Å². The van der Waals surface area contributed by atoms with E-state index in [-0.39, 0.29) is 6.61 Å². The highest BCUT2D eigenvalue weighted by molar-refractivity contribution is 5.89. The summed E-state index contributed by atoms with van der Waals surface area (Å²) in [5.41, 5.74) is 2.98. The first-order valence-electron chi connectivity index (χ1n) is 4.44. The molecular formula is C10H13NO3. The summed E-state index contributed by atoms with van der Waals surface area (Å²) in [5, 5.41) is 8.47. The van der Waals surface area contributed by atoms with Gasteiger partial charge in [-0.2, -0.15) is 5.48 Å². The van der Waals surface area contributed by atoms with Crippen molar-refractivity contribution in [3.05, 3.63) is 35.9 Å². The molecule has 0 radical (unpaired) electrons. The Kier molecular flexibility index (Phi) is 4.68. The van der Waals surface area contributed by atoms with Gasteiger partial charge >= 0.3 is 5.97 Å². The molecule has 0 aliphatic heterocycles. The van der Waals surface area contributed by atoms with E-state index >= 15 is 0 Å². The highest BCUT2D eigenvalue weighted by atomic mass is 16.7. The zero-order valence-electron chi connectivity index (χ0n) is 7.77. The van der Waals surface area contributed by atoms with E-state index in [0.29, 0.717) is 18.5 Å². The van der Waals surface area contributed by atoms with Gasteiger partial charge in [0.2, 0.25) is 0 Å². The molecule has 0 aliphatic rings. The van der Waals surface area contributed by atoms with Crippen molar-refractivity contribution >= 4 is 5.97 Å². The van der Waals surface area contributed by atoms with Crippen LogP contribution in [0.15, 0.2) is 30.3 Å².